The Morgan fingerprint density at radius 3 is 2.34 bits per heavy atom. The molecule has 0 aliphatic carbocycles. The van der Waals surface area contributed by atoms with Crippen LogP contribution in [0.15, 0.2) is 66.7 Å². The number of halogens is 2. The van der Waals surface area contributed by atoms with Crippen LogP contribution in [-0.4, -0.2) is 34.9 Å². The minimum atomic E-state index is -1.36. The number of rotatable bonds is 9. The highest BCUT2D eigenvalue weighted by molar-refractivity contribution is 5.92. The van der Waals surface area contributed by atoms with Crippen molar-refractivity contribution in [2.24, 2.45) is 0 Å². The lowest BCUT2D eigenvalue weighted by Gasteiger charge is -2.29. The summed E-state index contributed by atoms with van der Waals surface area (Å²) in [6.07, 6.45) is 2.85. The highest BCUT2D eigenvalue weighted by Crippen LogP contribution is 2.44. The molecule has 0 radical (unpaired) electrons. The molecule has 6 nitrogen and oxygen atoms in total. The molecular weight excluding hydrogens is 564 g/mol. The molecule has 0 spiro atoms. The summed E-state index contributed by atoms with van der Waals surface area (Å²) in [5.74, 6) is -1.20. The zero-order chi connectivity index (χ0) is 31.6. The van der Waals surface area contributed by atoms with Gasteiger partial charge in [0, 0.05) is 34.5 Å². The third-order valence-corrected chi connectivity index (χ3v) is 7.26. The Morgan fingerprint density at radius 1 is 0.977 bits per heavy atom. The first kappa shape index (κ1) is 30.9. The van der Waals surface area contributed by atoms with Crippen molar-refractivity contribution in [3.05, 3.63) is 106 Å². The van der Waals surface area contributed by atoms with E-state index >= 15 is 4.39 Å². The largest absolute Gasteiger partial charge is 0.493 e. The van der Waals surface area contributed by atoms with E-state index in [1.54, 1.807) is 58.0 Å². The van der Waals surface area contributed by atoms with Gasteiger partial charge in [0.15, 0.2) is 17.7 Å². The van der Waals surface area contributed by atoms with Crippen LogP contribution in [0.2, 0.25) is 0 Å². The highest BCUT2D eigenvalue weighted by atomic mass is 19.1. The zero-order valence-electron chi connectivity index (χ0n) is 25.4. The van der Waals surface area contributed by atoms with Gasteiger partial charge in [0.25, 0.3) is 0 Å². The molecule has 2 heterocycles. The average Bonchev–Trinajstić information content (AvgIpc) is 2.97. The molecule has 0 fully saturated rings. The molecule has 5 rings (SSSR count). The van der Waals surface area contributed by atoms with Crippen molar-refractivity contribution >= 4 is 12.0 Å². The Balaban J connectivity index is 1.61. The summed E-state index contributed by atoms with van der Waals surface area (Å²) < 4.78 is 46.3. The summed E-state index contributed by atoms with van der Waals surface area (Å²) in [7, 11) is 0. The predicted octanol–water partition coefficient (Wildman–Crippen LogP) is 8.28. The van der Waals surface area contributed by atoms with E-state index in [4.69, 9.17) is 19.2 Å². The maximum atomic E-state index is 15.5. The van der Waals surface area contributed by atoms with Crippen LogP contribution in [0, 0.1) is 25.5 Å². The number of benzene rings is 3. The van der Waals surface area contributed by atoms with Gasteiger partial charge in [-0.1, -0.05) is 30.3 Å². The number of ether oxygens (including phenoxy) is 3. The maximum absolute atomic E-state index is 15.5. The number of hydrogen-bond donors (Lipinski definition) is 1. The summed E-state index contributed by atoms with van der Waals surface area (Å²) in [6, 6.07) is 16.9. The molecule has 3 aromatic carbocycles. The Bertz CT molecular complexity index is 1710. The van der Waals surface area contributed by atoms with E-state index < -0.39 is 23.5 Å². The second-order valence-electron chi connectivity index (χ2n) is 11.7. The lowest BCUT2D eigenvalue weighted by Crippen LogP contribution is -2.28. The average molecular weight is 600 g/mol. The Hall–Kier alpha value is -4.56. The number of nitrogens with zero attached hydrogens (tertiary/aromatic N) is 1. The van der Waals surface area contributed by atoms with E-state index in [0.29, 0.717) is 58.0 Å². The molecule has 1 aliphatic rings. The van der Waals surface area contributed by atoms with E-state index in [0.717, 1.165) is 11.1 Å². The third-order valence-electron chi connectivity index (χ3n) is 7.26. The lowest BCUT2D eigenvalue weighted by atomic mass is 9.85. The first-order chi connectivity index (χ1) is 20.9. The van der Waals surface area contributed by atoms with Gasteiger partial charge in [-0.15, -0.1) is 0 Å². The van der Waals surface area contributed by atoms with Crippen LogP contribution < -0.4 is 9.47 Å². The van der Waals surface area contributed by atoms with E-state index in [1.807, 2.05) is 31.2 Å². The molecule has 228 valence electrons. The van der Waals surface area contributed by atoms with Crippen LogP contribution in [0.25, 0.3) is 28.3 Å². The standard InChI is InChI=1S/C36H35F2NO5/c1-21-30(24-10-14-28(15-11-24)42-18-16-23-8-12-27(37)13-9-23)32(26-19-25-7-6-17-43-33(25)29(38)20-26)31(22(2)39-21)34(35(40)41)44-36(3,4)5/h6-15,19-20,34H,16-18H2,1-5H3,(H,40,41). The van der Waals surface area contributed by atoms with Gasteiger partial charge in [0.2, 0.25) is 0 Å². The number of pyridine rings is 1. The Labute approximate surface area is 255 Å². The number of hydrogen-bond acceptors (Lipinski definition) is 5. The van der Waals surface area contributed by atoms with Gasteiger partial charge in [-0.3, -0.25) is 4.98 Å². The molecule has 0 amide bonds. The van der Waals surface area contributed by atoms with E-state index in [-0.39, 0.29) is 18.2 Å². The summed E-state index contributed by atoms with van der Waals surface area (Å²) in [6.45, 7) is 9.63. The van der Waals surface area contributed by atoms with E-state index in [2.05, 4.69) is 0 Å². The van der Waals surface area contributed by atoms with E-state index in [9.17, 15) is 14.3 Å². The molecule has 44 heavy (non-hydrogen) atoms. The molecule has 0 bridgehead atoms. The number of carboxylic acid groups (broad SMARTS) is 1. The number of aliphatic carboxylic acids is 1. The molecule has 0 saturated carbocycles. The van der Waals surface area contributed by atoms with Gasteiger partial charge in [0.1, 0.15) is 18.2 Å². The van der Waals surface area contributed by atoms with E-state index in [1.165, 1.54) is 18.2 Å². The van der Waals surface area contributed by atoms with Crippen LogP contribution in [0.1, 0.15) is 55.0 Å². The van der Waals surface area contributed by atoms with Crippen LogP contribution in [-0.2, 0) is 16.0 Å². The fourth-order valence-corrected chi connectivity index (χ4v) is 5.42. The summed E-state index contributed by atoms with van der Waals surface area (Å²) in [5.41, 5.74) is 4.63. The Kier molecular flexibility index (Phi) is 8.83. The second kappa shape index (κ2) is 12.6. The van der Waals surface area contributed by atoms with Crippen LogP contribution >= 0.6 is 0 Å². The van der Waals surface area contributed by atoms with Crippen molar-refractivity contribution in [1.82, 2.24) is 4.98 Å². The third kappa shape index (κ3) is 6.81. The molecule has 8 heteroatoms. The van der Waals surface area contributed by atoms with Crippen molar-refractivity contribution < 1.29 is 32.9 Å². The minimum absolute atomic E-state index is 0.157. The first-order valence-corrected chi connectivity index (χ1v) is 14.4. The maximum Gasteiger partial charge on any atom is 0.337 e. The number of fused-ring (bicyclic) bond motifs is 1. The molecular formula is C36H35F2NO5. The molecule has 1 atom stereocenters. The quantitative estimate of drug-likeness (QED) is 0.209. The molecule has 1 aliphatic heterocycles. The van der Waals surface area contributed by atoms with Gasteiger partial charge in [0.05, 0.1) is 12.2 Å². The topological polar surface area (TPSA) is 77.9 Å². The molecule has 4 aromatic rings. The van der Waals surface area contributed by atoms with Crippen LogP contribution in [0.3, 0.4) is 0 Å². The lowest BCUT2D eigenvalue weighted by molar-refractivity contribution is -0.160. The van der Waals surface area contributed by atoms with Crippen molar-refractivity contribution in [2.75, 3.05) is 13.2 Å². The molecule has 1 unspecified atom stereocenters. The van der Waals surface area contributed by atoms with Gasteiger partial charge in [-0.2, -0.15) is 0 Å². The normalized spacial score (nSPS) is 13.2. The van der Waals surface area contributed by atoms with Crippen LogP contribution in [0.4, 0.5) is 8.78 Å². The van der Waals surface area contributed by atoms with Crippen molar-refractivity contribution in [3.63, 3.8) is 0 Å². The molecule has 1 aromatic heterocycles. The van der Waals surface area contributed by atoms with Crippen molar-refractivity contribution in [3.8, 4) is 33.8 Å². The summed E-state index contributed by atoms with van der Waals surface area (Å²) in [5, 5.41) is 10.4. The molecule has 0 saturated heterocycles. The van der Waals surface area contributed by atoms with Crippen LogP contribution in [0.5, 0.6) is 11.5 Å². The van der Waals surface area contributed by atoms with Crippen molar-refractivity contribution in [1.29, 1.82) is 0 Å². The smallest absolute Gasteiger partial charge is 0.337 e. The fraction of sp³-hybridized carbons (Fsp3) is 0.278. The van der Waals surface area contributed by atoms with Crippen molar-refractivity contribution in [2.45, 2.75) is 52.7 Å². The van der Waals surface area contributed by atoms with Gasteiger partial charge < -0.3 is 19.3 Å². The monoisotopic (exact) mass is 599 g/mol. The molecule has 1 N–H and O–H groups in total. The fourth-order valence-electron chi connectivity index (χ4n) is 5.42. The zero-order valence-corrected chi connectivity index (χ0v) is 25.4. The number of aryl methyl sites for hydroxylation is 2. The first-order valence-electron chi connectivity index (χ1n) is 14.4. The summed E-state index contributed by atoms with van der Waals surface area (Å²) in [4.78, 5) is 17.5. The predicted molar refractivity (Wildman–Crippen MR) is 166 cm³/mol. The highest BCUT2D eigenvalue weighted by Gasteiger charge is 2.34. The Morgan fingerprint density at radius 2 is 1.68 bits per heavy atom. The van der Waals surface area contributed by atoms with Gasteiger partial charge in [-0.25, -0.2) is 13.6 Å². The minimum Gasteiger partial charge on any atom is -0.493 e. The van der Waals surface area contributed by atoms with Gasteiger partial charge in [-0.05, 0) is 99.3 Å². The van der Waals surface area contributed by atoms with Gasteiger partial charge >= 0.3 is 5.97 Å². The SMILES string of the molecule is Cc1nc(C)c(C(OC(C)(C)C)C(=O)O)c(-c2cc(F)c3c(c2)C=CCO3)c1-c1ccc(OCCc2ccc(F)cc2)cc1. The number of carbonyl (C=O) groups is 1. The number of carboxylic acids is 1. The number of aromatic nitrogens is 1. The second-order valence-corrected chi connectivity index (χ2v) is 11.7. The summed E-state index contributed by atoms with van der Waals surface area (Å²) >= 11 is 0.